The van der Waals surface area contributed by atoms with E-state index in [2.05, 4.69) is 42.7 Å². The Bertz CT molecular complexity index is 397. The molecule has 2 nitrogen and oxygen atoms in total. The van der Waals surface area contributed by atoms with Crippen molar-refractivity contribution in [2.24, 2.45) is 5.92 Å². The summed E-state index contributed by atoms with van der Waals surface area (Å²) < 4.78 is 0. The van der Waals surface area contributed by atoms with Gasteiger partial charge in [-0.05, 0) is 18.1 Å². The molecule has 0 amide bonds. The number of rotatable bonds is 2. The molecule has 92 valence electrons. The van der Waals surface area contributed by atoms with Crippen molar-refractivity contribution >= 4 is 0 Å². The van der Waals surface area contributed by atoms with Gasteiger partial charge < -0.3 is 5.11 Å². The van der Waals surface area contributed by atoms with E-state index >= 15 is 0 Å². The number of hydrogen-bond acceptors (Lipinski definition) is 2. The summed E-state index contributed by atoms with van der Waals surface area (Å²) in [7, 11) is 0. The largest absolute Gasteiger partial charge is 0.385 e. The zero-order valence-corrected chi connectivity index (χ0v) is 10.7. The second-order valence-corrected chi connectivity index (χ2v) is 5.31. The Hall–Kier alpha value is -1.12. The molecule has 2 unspecified atom stereocenters. The van der Waals surface area contributed by atoms with Crippen molar-refractivity contribution < 1.29 is 5.11 Å². The Morgan fingerprint density at radius 1 is 1.41 bits per heavy atom. The molecule has 0 radical (unpaired) electrons. The maximum atomic E-state index is 10.3. The van der Waals surface area contributed by atoms with Crippen molar-refractivity contribution in [2.45, 2.75) is 26.0 Å². The minimum Gasteiger partial charge on any atom is -0.385 e. The van der Waals surface area contributed by atoms with Crippen LogP contribution in [0.4, 0.5) is 0 Å². The van der Waals surface area contributed by atoms with Gasteiger partial charge in [0, 0.05) is 25.6 Å². The van der Waals surface area contributed by atoms with E-state index in [1.165, 1.54) is 5.56 Å². The third kappa shape index (κ3) is 2.59. The maximum absolute atomic E-state index is 10.3. The Balaban J connectivity index is 2.04. The van der Waals surface area contributed by atoms with Crippen LogP contribution >= 0.6 is 0 Å². The molecule has 1 aliphatic rings. The number of benzene rings is 1. The zero-order valence-electron chi connectivity index (χ0n) is 10.7. The highest BCUT2D eigenvalue weighted by Crippen LogP contribution is 2.31. The van der Waals surface area contributed by atoms with Crippen LogP contribution in [0.15, 0.2) is 42.5 Å². The quantitative estimate of drug-likeness (QED) is 0.790. The lowest BCUT2D eigenvalue weighted by atomic mass is 9.80. The molecule has 1 saturated heterocycles. The molecule has 17 heavy (non-hydrogen) atoms. The fourth-order valence-electron chi connectivity index (χ4n) is 2.37. The van der Waals surface area contributed by atoms with Crippen LogP contribution in [0.1, 0.15) is 19.4 Å². The Morgan fingerprint density at radius 3 is 2.65 bits per heavy atom. The van der Waals surface area contributed by atoms with Gasteiger partial charge in [-0.25, -0.2) is 0 Å². The first-order valence-electron chi connectivity index (χ1n) is 6.17. The lowest BCUT2D eigenvalue weighted by Gasteiger charge is -2.42. The van der Waals surface area contributed by atoms with E-state index < -0.39 is 5.60 Å². The molecule has 1 N–H and O–H groups in total. The smallest absolute Gasteiger partial charge is 0.0876 e. The molecule has 2 atom stereocenters. The number of nitrogens with zero attached hydrogens (tertiary/aromatic N) is 1. The van der Waals surface area contributed by atoms with Crippen LogP contribution in [0.2, 0.25) is 0 Å². The van der Waals surface area contributed by atoms with Gasteiger partial charge in [-0.15, -0.1) is 0 Å². The summed E-state index contributed by atoms with van der Waals surface area (Å²) in [5, 5.41) is 10.3. The van der Waals surface area contributed by atoms with Crippen molar-refractivity contribution in [2.75, 3.05) is 13.1 Å². The summed E-state index contributed by atoms with van der Waals surface area (Å²) in [5.74, 6) is 0.229. The highest BCUT2D eigenvalue weighted by Gasteiger charge is 2.37. The SMILES string of the molecule is C=C1CN(Cc2ccccc2)CC(C)C1(C)O. The van der Waals surface area contributed by atoms with Gasteiger partial charge in [-0.2, -0.15) is 0 Å². The third-order valence-electron chi connectivity index (χ3n) is 3.87. The van der Waals surface area contributed by atoms with E-state index in [1.807, 2.05) is 13.0 Å². The maximum Gasteiger partial charge on any atom is 0.0876 e. The van der Waals surface area contributed by atoms with Gasteiger partial charge >= 0.3 is 0 Å². The van der Waals surface area contributed by atoms with E-state index in [9.17, 15) is 5.11 Å². The van der Waals surface area contributed by atoms with Gasteiger partial charge in [0.15, 0.2) is 0 Å². The van der Waals surface area contributed by atoms with Crippen LogP contribution in [-0.4, -0.2) is 28.7 Å². The molecule has 1 heterocycles. The Labute approximate surface area is 104 Å². The molecule has 2 heteroatoms. The van der Waals surface area contributed by atoms with Gasteiger partial charge in [0.25, 0.3) is 0 Å². The average molecular weight is 231 g/mol. The summed E-state index contributed by atoms with van der Waals surface area (Å²) in [6, 6.07) is 10.4. The topological polar surface area (TPSA) is 23.5 Å². The number of piperidine rings is 1. The van der Waals surface area contributed by atoms with Crippen LogP contribution in [0.25, 0.3) is 0 Å². The van der Waals surface area contributed by atoms with E-state index in [-0.39, 0.29) is 5.92 Å². The first-order chi connectivity index (χ1) is 8.00. The first-order valence-corrected chi connectivity index (χ1v) is 6.17. The van der Waals surface area contributed by atoms with Gasteiger partial charge in [-0.3, -0.25) is 4.90 Å². The lowest BCUT2D eigenvalue weighted by Crippen LogP contribution is -2.50. The molecule has 0 aliphatic carbocycles. The fraction of sp³-hybridized carbons (Fsp3) is 0.467. The van der Waals surface area contributed by atoms with E-state index in [0.29, 0.717) is 0 Å². The number of aliphatic hydroxyl groups is 1. The molecule has 0 spiro atoms. The van der Waals surface area contributed by atoms with Crippen LogP contribution in [0, 0.1) is 5.92 Å². The van der Waals surface area contributed by atoms with Crippen LogP contribution < -0.4 is 0 Å². The van der Waals surface area contributed by atoms with Crippen molar-refractivity contribution in [3.05, 3.63) is 48.0 Å². The number of likely N-dealkylation sites (tertiary alicyclic amines) is 1. The van der Waals surface area contributed by atoms with Gasteiger partial charge in [0.2, 0.25) is 0 Å². The third-order valence-corrected chi connectivity index (χ3v) is 3.87. The van der Waals surface area contributed by atoms with Gasteiger partial charge in [-0.1, -0.05) is 43.8 Å². The molecule has 1 fully saturated rings. The summed E-state index contributed by atoms with van der Waals surface area (Å²) in [6.45, 7) is 10.6. The lowest BCUT2D eigenvalue weighted by molar-refractivity contribution is -0.00593. The van der Waals surface area contributed by atoms with Crippen LogP contribution in [0.3, 0.4) is 0 Å². The summed E-state index contributed by atoms with van der Waals surface area (Å²) in [6.07, 6.45) is 0. The van der Waals surface area contributed by atoms with E-state index in [4.69, 9.17) is 0 Å². The molecular weight excluding hydrogens is 210 g/mol. The standard InChI is InChI=1S/C15H21NO/c1-12-9-16(10-13(2)15(12,3)17)11-14-7-5-4-6-8-14/h4-8,13,17H,1,9-11H2,2-3H3. The summed E-state index contributed by atoms with van der Waals surface area (Å²) in [4.78, 5) is 2.35. The summed E-state index contributed by atoms with van der Waals surface area (Å²) >= 11 is 0. The molecule has 0 saturated carbocycles. The molecule has 1 aromatic carbocycles. The Kier molecular flexibility index (Phi) is 3.36. The normalized spacial score (nSPS) is 30.5. The molecule has 1 aromatic rings. The predicted octanol–water partition coefficient (Wildman–Crippen LogP) is 2.45. The molecule has 0 bridgehead atoms. The minimum atomic E-state index is -0.715. The zero-order chi connectivity index (χ0) is 12.5. The highest BCUT2D eigenvalue weighted by atomic mass is 16.3. The van der Waals surface area contributed by atoms with Gasteiger partial charge in [0.05, 0.1) is 5.60 Å². The fourth-order valence-corrected chi connectivity index (χ4v) is 2.37. The second kappa shape index (κ2) is 4.63. The van der Waals surface area contributed by atoms with Crippen molar-refractivity contribution in [3.8, 4) is 0 Å². The molecule has 0 aromatic heterocycles. The van der Waals surface area contributed by atoms with Gasteiger partial charge in [0.1, 0.15) is 0 Å². The van der Waals surface area contributed by atoms with Crippen molar-refractivity contribution in [1.29, 1.82) is 0 Å². The predicted molar refractivity (Wildman–Crippen MR) is 70.6 cm³/mol. The first kappa shape index (κ1) is 12.3. The average Bonchev–Trinajstić information content (AvgIpc) is 2.28. The van der Waals surface area contributed by atoms with Crippen molar-refractivity contribution in [1.82, 2.24) is 4.90 Å². The second-order valence-electron chi connectivity index (χ2n) is 5.31. The summed E-state index contributed by atoms with van der Waals surface area (Å²) in [5.41, 5.74) is 1.52. The number of hydrogen-bond donors (Lipinski definition) is 1. The Morgan fingerprint density at radius 2 is 2.06 bits per heavy atom. The molecule has 1 aliphatic heterocycles. The minimum absolute atomic E-state index is 0.229. The highest BCUT2D eigenvalue weighted by molar-refractivity contribution is 5.20. The molecule has 2 rings (SSSR count). The monoisotopic (exact) mass is 231 g/mol. The van der Waals surface area contributed by atoms with E-state index in [1.54, 1.807) is 0 Å². The molecular formula is C15H21NO. The van der Waals surface area contributed by atoms with Crippen LogP contribution in [-0.2, 0) is 6.54 Å². The van der Waals surface area contributed by atoms with Crippen LogP contribution in [0.5, 0.6) is 0 Å². The van der Waals surface area contributed by atoms with Crippen molar-refractivity contribution in [3.63, 3.8) is 0 Å². The van der Waals surface area contributed by atoms with E-state index in [0.717, 1.165) is 25.2 Å².